The van der Waals surface area contributed by atoms with Crippen LogP contribution in [0, 0.1) is 17.5 Å². The smallest absolute Gasteiger partial charge is 0.251 e. The summed E-state index contributed by atoms with van der Waals surface area (Å²) in [6.45, 7) is 4.14. The van der Waals surface area contributed by atoms with Crippen LogP contribution in [0.2, 0.25) is 0 Å². The van der Waals surface area contributed by atoms with Gasteiger partial charge >= 0.3 is 0 Å². The first-order valence-electron chi connectivity index (χ1n) is 8.97. The highest BCUT2D eigenvalue weighted by molar-refractivity contribution is 5.94. The fraction of sp³-hybridized carbons (Fsp3) is 0.556. The average molecular weight is 385 g/mol. The Morgan fingerprint density at radius 2 is 1.85 bits per heavy atom. The van der Waals surface area contributed by atoms with Gasteiger partial charge in [-0.05, 0) is 31.9 Å². The lowest BCUT2D eigenvalue weighted by molar-refractivity contribution is -0.143. The van der Waals surface area contributed by atoms with E-state index in [1.54, 1.807) is 11.8 Å². The minimum Gasteiger partial charge on any atom is -0.368 e. The van der Waals surface area contributed by atoms with Crippen molar-refractivity contribution in [2.24, 2.45) is 0 Å². The second-order valence-corrected chi connectivity index (χ2v) is 6.75. The number of hydrogen-bond donors (Lipinski definition) is 1. The van der Waals surface area contributed by atoms with Crippen LogP contribution < -0.4 is 5.32 Å². The summed E-state index contributed by atoms with van der Waals surface area (Å²) in [6.07, 6.45) is 1.25. The number of piperazine rings is 1. The number of nitrogens with one attached hydrogen (secondary N) is 1. The van der Waals surface area contributed by atoms with E-state index in [2.05, 4.69) is 5.32 Å². The number of carbonyl (C=O) groups is 2. The highest BCUT2D eigenvalue weighted by Gasteiger charge is 2.32. The SMILES string of the molecule is C[C@@H](C(=O)Nc1ccc(F)c(F)c1F)N1CCN(C(=O)[C@H]2CCCO2)CC1. The lowest BCUT2D eigenvalue weighted by Gasteiger charge is -2.38. The van der Waals surface area contributed by atoms with E-state index in [9.17, 15) is 22.8 Å². The maximum atomic E-state index is 13.7. The van der Waals surface area contributed by atoms with Gasteiger partial charge in [-0.15, -0.1) is 0 Å². The zero-order valence-electron chi connectivity index (χ0n) is 15.0. The summed E-state index contributed by atoms with van der Waals surface area (Å²) in [5.74, 6) is -4.92. The van der Waals surface area contributed by atoms with Gasteiger partial charge < -0.3 is 15.0 Å². The molecule has 0 spiro atoms. The summed E-state index contributed by atoms with van der Waals surface area (Å²) in [5, 5.41) is 2.29. The number of nitrogens with zero attached hydrogens (tertiary/aromatic N) is 2. The maximum absolute atomic E-state index is 13.7. The number of ether oxygens (including phenoxy) is 1. The Hall–Kier alpha value is -2.13. The summed E-state index contributed by atoms with van der Waals surface area (Å²) in [7, 11) is 0. The Morgan fingerprint density at radius 3 is 2.48 bits per heavy atom. The van der Waals surface area contributed by atoms with Crippen molar-refractivity contribution in [2.75, 3.05) is 38.1 Å². The van der Waals surface area contributed by atoms with Crippen molar-refractivity contribution in [3.8, 4) is 0 Å². The third-order valence-corrected chi connectivity index (χ3v) is 5.05. The van der Waals surface area contributed by atoms with Gasteiger partial charge in [0.1, 0.15) is 6.10 Å². The van der Waals surface area contributed by atoms with Gasteiger partial charge in [0.05, 0.1) is 11.7 Å². The molecule has 2 atom stereocenters. The molecule has 1 aromatic carbocycles. The first-order chi connectivity index (χ1) is 12.9. The maximum Gasteiger partial charge on any atom is 0.251 e. The second kappa shape index (κ2) is 8.26. The number of hydrogen-bond acceptors (Lipinski definition) is 4. The van der Waals surface area contributed by atoms with Gasteiger partial charge in [-0.25, -0.2) is 13.2 Å². The van der Waals surface area contributed by atoms with E-state index in [0.29, 0.717) is 32.8 Å². The Labute approximate surface area is 155 Å². The van der Waals surface area contributed by atoms with Gasteiger partial charge in [-0.3, -0.25) is 14.5 Å². The lowest BCUT2D eigenvalue weighted by Crippen LogP contribution is -2.55. The highest BCUT2D eigenvalue weighted by atomic mass is 19.2. The monoisotopic (exact) mass is 385 g/mol. The van der Waals surface area contributed by atoms with Crippen LogP contribution in [0.3, 0.4) is 0 Å². The quantitative estimate of drug-likeness (QED) is 0.803. The van der Waals surface area contributed by atoms with Gasteiger partial charge in [-0.1, -0.05) is 0 Å². The fourth-order valence-corrected chi connectivity index (χ4v) is 3.33. The molecule has 2 amide bonds. The second-order valence-electron chi connectivity index (χ2n) is 6.75. The van der Waals surface area contributed by atoms with Crippen molar-refractivity contribution >= 4 is 17.5 Å². The number of rotatable bonds is 4. The summed E-state index contributed by atoms with van der Waals surface area (Å²) < 4.78 is 45.4. The molecular formula is C18H22F3N3O3. The van der Waals surface area contributed by atoms with Gasteiger partial charge in [0.15, 0.2) is 17.5 Å². The Bertz CT molecular complexity index is 717. The van der Waals surface area contributed by atoms with E-state index < -0.39 is 35.1 Å². The van der Waals surface area contributed by atoms with E-state index in [1.807, 2.05) is 4.90 Å². The van der Waals surface area contributed by atoms with Gasteiger partial charge in [0.2, 0.25) is 5.91 Å². The number of anilines is 1. The number of amides is 2. The Balaban J connectivity index is 1.54. The summed E-state index contributed by atoms with van der Waals surface area (Å²) in [5.41, 5.74) is -0.405. The van der Waals surface area contributed by atoms with Crippen LogP contribution in [0.1, 0.15) is 19.8 Å². The van der Waals surface area contributed by atoms with Crippen LogP contribution in [0.25, 0.3) is 0 Å². The molecule has 2 aliphatic heterocycles. The minimum absolute atomic E-state index is 0.0203. The molecular weight excluding hydrogens is 363 g/mol. The normalized spacial score (nSPS) is 21.9. The molecule has 0 unspecified atom stereocenters. The zero-order valence-corrected chi connectivity index (χ0v) is 15.0. The molecule has 1 aromatic rings. The first kappa shape index (κ1) is 19.6. The Kier molecular flexibility index (Phi) is 6.01. The van der Waals surface area contributed by atoms with Crippen molar-refractivity contribution < 1.29 is 27.5 Å². The largest absolute Gasteiger partial charge is 0.368 e. The van der Waals surface area contributed by atoms with Crippen LogP contribution in [0.5, 0.6) is 0 Å². The van der Waals surface area contributed by atoms with Gasteiger partial charge in [0, 0.05) is 32.8 Å². The third kappa shape index (κ3) is 4.24. The summed E-state index contributed by atoms with van der Waals surface area (Å²) in [6, 6.07) is 1.13. The molecule has 2 heterocycles. The van der Waals surface area contributed by atoms with Crippen LogP contribution in [-0.2, 0) is 14.3 Å². The van der Waals surface area contributed by atoms with Crippen molar-refractivity contribution in [1.82, 2.24) is 9.80 Å². The van der Waals surface area contributed by atoms with Crippen LogP contribution in [0.15, 0.2) is 12.1 Å². The van der Waals surface area contributed by atoms with Crippen LogP contribution in [-0.4, -0.2) is 66.5 Å². The molecule has 3 rings (SSSR count). The topological polar surface area (TPSA) is 61.9 Å². The summed E-state index contributed by atoms with van der Waals surface area (Å²) >= 11 is 0. The molecule has 0 aliphatic carbocycles. The highest BCUT2D eigenvalue weighted by Crippen LogP contribution is 2.21. The number of carbonyl (C=O) groups excluding carboxylic acids is 2. The molecule has 0 radical (unpaired) electrons. The van der Waals surface area contributed by atoms with Gasteiger partial charge in [-0.2, -0.15) is 0 Å². The minimum atomic E-state index is -1.62. The molecule has 0 aromatic heterocycles. The number of benzene rings is 1. The van der Waals surface area contributed by atoms with Crippen molar-refractivity contribution in [1.29, 1.82) is 0 Å². The van der Waals surface area contributed by atoms with Crippen LogP contribution in [0.4, 0.5) is 18.9 Å². The van der Waals surface area contributed by atoms with Crippen molar-refractivity contribution in [2.45, 2.75) is 31.9 Å². The molecule has 27 heavy (non-hydrogen) atoms. The molecule has 2 saturated heterocycles. The number of halogens is 3. The molecule has 0 saturated carbocycles. The molecule has 2 aliphatic rings. The Morgan fingerprint density at radius 1 is 1.15 bits per heavy atom. The molecule has 6 nitrogen and oxygen atoms in total. The fourth-order valence-electron chi connectivity index (χ4n) is 3.33. The van der Waals surface area contributed by atoms with Crippen molar-refractivity contribution in [3.63, 3.8) is 0 Å². The zero-order chi connectivity index (χ0) is 19.6. The van der Waals surface area contributed by atoms with E-state index in [0.717, 1.165) is 25.0 Å². The average Bonchev–Trinajstić information content (AvgIpc) is 3.22. The van der Waals surface area contributed by atoms with E-state index in [4.69, 9.17) is 4.74 Å². The standard InChI is InChI=1S/C18H22F3N3O3/c1-11(17(25)22-13-5-4-12(19)15(20)16(13)21)23-6-8-24(9-7-23)18(26)14-3-2-10-27-14/h4-5,11,14H,2-3,6-10H2,1H3,(H,22,25)/t11-,14+/m0/s1. The van der Waals surface area contributed by atoms with Crippen molar-refractivity contribution in [3.05, 3.63) is 29.6 Å². The summed E-state index contributed by atoms with van der Waals surface area (Å²) in [4.78, 5) is 28.3. The third-order valence-electron chi connectivity index (χ3n) is 5.05. The lowest BCUT2D eigenvalue weighted by atomic mass is 10.1. The van der Waals surface area contributed by atoms with Crippen LogP contribution >= 0.6 is 0 Å². The predicted molar refractivity (Wildman–Crippen MR) is 91.5 cm³/mol. The first-order valence-corrected chi connectivity index (χ1v) is 8.97. The molecule has 0 bridgehead atoms. The molecule has 9 heteroatoms. The molecule has 2 fully saturated rings. The van der Waals surface area contributed by atoms with E-state index in [1.165, 1.54) is 0 Å². The van der Waals surface area contributed by atoms with Gasteiger partial charge in [0.25, 0.3) is 5.91 Å². The molecule has 148 valence electrons. The molecule has 1 N–H and O–H groups in total. The predicted octanol–water partition coefficient (Wildman–Crippen LogP) is 1.75. The van der Waals surface area contributed by atoms with E-state index >= 15 is 0 Å². The van der Waals surface area contributed by atoms with E-state index in [-0.39, 0.29) is 12.0 Å².